The van der Waals surface area contributed by atoms with Gasteiger partial charge in [-0.15, -0.1) is 0 Å². The topological polar surface area (TPSA) is 75.4 Å². The van der Waals surface area contributed by atoms with Gasteiger partial charge >= 0.3 is 5.97 Å². The minimum Gasteiger partial charge on any atom is -0.478 e. The van der Waals surface area contributed by atoms with Gasteiger partial charge in [-0.3, -0.25) is 9.48 Å². The molecule has 1 aromatic heterocycles. The van der Waals surface area contributed by atoms with Crippen LogP contribution < -0.4 is 0 Å². The van der Waals surface area contributed by atoms with Crippen LogP contribution in [0.25, 0.3) is 0 Å². The standard InChI is InChI=1S/C21H33N3O3/c1-3-17(13-16-7-5-4-6-8-16)20(25)23-11-9-18(10-12-23)24-15(2)19(14-22-24)21(26)27/h14,16-18H,3-13H2,1-2H3,(H,26,27). The number of hydrogen-bond donors (Lipinski definition) is 1. The average molecular weight is 376 g/mol. The summed E-state index contributed by atoms with van der Waals surface area (Å²) in [6, 6.07) is 0.181. The molecule has 1 saturated heterocycles. The van der Waals surface area contributed by atoms with E-state index in [0.29, 0.717) is 11.6 Å². The molecule has 1 aliphatic heterocycles. The van der Waals surface area contributed by atoms with Gasteiger partial charge < -0.3 is 10.0 Å². The Hall–Kier alpha value is -1.85. The number of carbonyl (C=O) groups is 2. The molecule has 150 valence electrons. The lowest BCUT2D eigenvalue weighted by molar-refractivity contribution is -0.137. The van der Waals surface area contributed by atoms with Crippen molar-refractivity contribution < 1.29 is 14.7 Å². The molecule has 1 amide bonds. The number of hydrogen-bond acceptors (Lipinski definition) is 3. The van der Waals surface area contributed by atoms with Gasteiger partial charge in [-0.05, 0) is 38.5 Å². The van der Waals surface area contributed by atoms with Crippen molar-refractivity contribution in [1.29, 1.82) is 0 Å². The summed E-state index contributed by atoms with van der Waals surface area (Å²) >= 11 is 0. The molecule has 0 aromatic carbocycles. The number of aromatic carboxylic acids is 1. The first-order chi connectivity index (χ1) is 13.0. The highest BCUT2D eigenvalue weighted by Crippen LogP contribution is 2.32. The zero-order chi connectivity index (χ0) is 19.4. The van der Waals surface area contributed by atoms with Gasteiger partial charge in [0.05, 0.1) is 17.9 Å². The zero-order valence-corrected chi connectivity index (χ0v) is 16.7. The molecule has 2 aliphatic rings. The molecule has 2 fully saturated rings. The molecule has 3 rings (SSSR count). The Bertz CT molecular complexity index is 656. The van der Waals surface area contributed by atoms with E-state index in [9.17, 15) is 14.7 Å². The van der Waals surface area contributed by atoms with E-state index >= 15 is 0 Å². The third-order valence-electron chi connectivity index (χ3n) is 6.58. The Morgan fingerprint density at radius 3 is 2.41 bits per heavy atom. The number of rotatable bonds is 6. The minimum absolute atomic E-state index is 0.162. The molecule has 1 atom stereocenters. The van der Waals surface area contributed by atoms with E-state index in [2.05, 4.69) is 12.0 Å². The van der Waals surface area contributed by atoms with Gasteiger partial charge in [0, 0.05) is 19.0 Å². The minimum atomic E-state index is -0.931. The summed E-state index contributed by atoms with van der Waals surface area (Å²) in [5, 5.41) is 13.5. The van der Waals surface area contributed by atoms with E-state index < -0.39 is 5.97 Å². The number of carboxylic acid groups (broad SMARTS) is 1. The second kappa shape index (κ2) is 8.89. The molecule has 6 nitrogen and oxygen atoms in total. The number of carboxylic acids is 1. The molecule has 1 aliphatic carbocycles. The van der Waals surface area contributed by atoms with E-state index in [4.69, 9.17) is 0 Å². The third-order valence-corrected chi connectivity index (χ3v) is 6.58. The molecule has 2 heterocycles. The zero-order valence-electron chi connectivity index (χ0n) is 16.7. The summed E-state index contributed by atoms with van der Waals surface area (Å²) in [6.07, 6.45) is 11.7. The van der Waals surface area contributed by atoms with Crippen LogP contribution in [0.1, 0.15) is 86.8 Å². The largest absolute Gasteiger partial charge is 0.478 e. The maximum atomic E-state index is 13.0. The van der Waals surface area contributed by atoms with Crippen LogP contribution in [-0.4, -0.2) is 44.8 Å². The average Bonchev–Trinajstić information content (AvgIpc) is 3.08. The van der Waals surface area contributed by atoms with Crippen LogP contribution in [0.2, 0.25) is 0 Å². The Kier molecular flexibility index (Phi) is 6.55. The Balaban J connectivity index is 1.56. The lowest BCUT2D eigenvalue weighted by Gasteiger charge is -2.35. The van der Waals surface area contributed by atoms with Gasteiger partial charge in [-0.2, -0.15) is 5.10 Å². The quantitative estimate of drug-likeness (QED) is 0.814. The van der Waals surface area contributed by atoms with Gasteiger partial charge in [0.2, 0.25) is 5.91 Å². The molecular formula is C21H33N3O3. The smallest absolute Gasteiger partial charge is 0.339 e. The lowest BCUT2D eigenvalue weighted by atomic mass is 9.81. The van der Waals surface area contributed by atoms with Gasteiger partial charge in [0.25, 0.3) is 0 Å². The Labute approximate surface area is 161 Å². The number of aromatic nitrogens is 2. The molecule has 0 radical (unpaired) electrons. The van der Waals surface area contributed by atoms with Crippen molar-refractivity contribution in [1.82, 2.24) is 14.7 Å². The van der Waals surface area contributed by atoms with Crippen LogP contribution in [0.15, 0.2) is 6.20 Å². The Morgan fingerprint density at radius 1 is 1.19 bits per heavy atom. The van der Waals surface area contributed by atoms with Gasteiger partial charge in [-0.1, -0.05) is 39.0 Å². The second-order valence-electron chi connectivity index (χ2n) is 8.29. The summed E-state index contributed by atoms with van der Waals surface area (Å²) in [6.45, 7) is 5.43. The monoisotopic (exact) mass is 375 g/mol. The summed E-state index contributed by atoms with van der Waals surface area (Å²) < 4.78 is 1.84. The van der Waals surface area contributed by atoms with Crippen molar-refractivity contribution in [3.8, 4) is 0 Å². The predicted octanol–water partition coefficient (Wildman–Crippen LogP) is 4.05. The van der Waals surface area contributed by atoms with Gasteiger partial charge in [0.15, 0.2) is 0 Å². The number of carbonyl (C=O) groups excluding carboxylic acids is 1. The fraction of sp³-hybridized carbons (Fsp3) is 0.762. The molecule has 1 saturated carbocycles. The maximum absolute atomic E-state index is 13.0. The maximum Gasteiger partial charge on any atom is 0.339 e. The molecule has 6 heteroatoms. The number of piperidine rings is 1. The van der Waals surface area contributed by atoms with E-state index in [1.165, 1.54) is 38.3 Å². The van der Waals surface area contributed by atoms with Crippen LogP contribution >= 0.6 is 0 Å². The highest BCUT2D eigenvalue weighted by Gasteiger charge is 2.31. The molecule has 1 N–H and O–H groups in total. The summed E-state index contributed by atoms with van der Waals surface area (Å²) in [7, 11) is 0. The van der Waals surface area contributed by atoms with Gasteiger partial charge in [0.1, 0.15) is 5.56 Å². The van der Waals surface area contributed by atoms with E-state index in [1.807, 2.05) is 16.5 Å². The van der Waals surface area contributed by atoms with Crippen molar-refractivity contribution in [3.63, 3.8) is 0 Å². The van der Waals surface area contributed by atoms with Crippen molar-refractivity contribution in [2.75, 3.05) is 13.1 Å². The molecule has 1 aromatic rings. The molecule has 27 heavy (non-hydrogen) atoms. The lowest BCUT2D eigenvalue weighted by Crippen LogP contribution is -2.42. The van der Waals surface area contributed by atoms with Crippen molar-refractivity contribution in [2.24, 2.45) is 11.8 Å². The highest BCUT2D eigenvalue weighted by atomic mass is 16.4. The van der Waals surface area contributed by atoms with Crippen LogP contribution in [0.5, 0.6) is 0 Å². The summed E-state index contributed by atoms with van der Waals surface area (Å²) in [5.74, 6) is 0.283. The SMILES string of the molecule is CCC(CC1CCCCC1)C(=O)N1CCC(n2ncc(C(=O)O)c2C)CC1. The second-order valence-corrected chi connectivity index (χ2v) is 8.29. The molecule has 0 bridgehead atoms. The van der Waals surface area contributed by atoms with Gasteiger partial charge in [-0.25, -0.2) is 4.79 Å². The van der Waals surface area contributed by atoms with E-state index in [0.717, 1.165) is 44.7 Å². The fourth-order valence-electron chi connectivity index (χ4n) is 4.86. The summed E-state index contributed by atoms with van der Waals surface area (Å²) in [5.41, 5.74) is 0.975. The van der Waals surface area contributed by atoms with Crippen LogP contribution in [0.3, 0.4) is 0 Å². The first kappa shape index (κ1) is 19.9. The number of nitrogens with zero attached hydrogens (tertiary/aromatic N) is 3. The van der Waals surface area contributed by atoms with E-state index in [1.54, 1.807) is 0 Å². The first-order valence-electron chi connectivity index (χ1n) is 10.6. The Morgan fingerprint density at radius 2 is 1.85 bits per heavy atom. The molecular weight excluding hydrogens is 342 g/mol. The van der Waals surface area contributed by atoms with Crippen molar-refractivity contribution >= 4 is 11.9 Å². The third kappa shape index (κ3) is 4.53. The normalized spacial score (nSPS) is 20.6. The van der Waals surface area contributed by atoms with Crippen LogP contribution in [0, 0.1) is 18.8 Å². The first-order valence-corrected chi connectivity index (χ1v) is 10.6. The van der Waals surface area contributed by atoms with Crippen LogP contribution in [-0.2, 0) is 4.79 Å². The summed E-state index contributed by atoms with van der Waals surface area (Å²) in [4.78, 5) is 26.3. The van der Waals surface area contributed by atoms with Crippen LogP contribution in [0.4, 0.5) is 0 Å². The van der Waals surface area contributed by atoms with Crippen molar-refractivity contribution in [2.45, 2.75) is 77.7 Å². The molecule has 1 unspecified atom stereocenters. The fourth-order valence-corrected chi connectivity index (χ4v) is 4.86. The predicted molar refractivity (Wildman–Crippen MR) is 104 cm³/mol. The number of likely N-dealkylation sites (tertiary alicyclic amines) is 1. The van der Waals surface area contributed by atoms with Crippen molar-refractivity contribution in [3.05, 3.63) is 17.5 Å². The molecule has 0 spiro atoms. The highest BCUT2D eigenvalue weighted by molar-refractivity contribution is 5.88. The number of amides is 1. The van der Waals surface area contributed by atoms with E-state index in [-0.39, 0.29) is 17.5 Å².